The normalized spacial score (nSPS) is 19.5. The summed E-state index contributed by atoms with van der Waals surface area (Å²) < 4.78 is 11.5. The minimum Gasteiger partial charge on any atom is -0.495 e. The maximum Gasteiger partial charge on any atom is 0.213 e. The van der Waals surface area contributed by atoms with Crippen molar-refractivity contribution in [1.29, 1.82) is 0 Å². The highest BCUT2D eigenvalue weighted by molar-refractivity contribution is 5.80. The molecule has 1 aromatic heterocycles. The van der Waals surface area contributed by atoms with Gasteiger partial charge in [-0.3, -0.25) is 4.99 Å². The van der Waals surface area contributed by atoms with E-state index in [0.717, 1.165) is 61.2 Å². The van der Waals surface area contributed by atoms with Gasteiger partial charge in [0.05, 0.1) is 12.8 Å². The fourth-order valence-electron chi connectivity index (χ4n) is 4.32. The number of ether oxygens (including phenoxy) is 2. The standard InChI is InChI=1S/C24H33N5O2/c1-25-24(27-16-18-11-12-23(26-15-18)31-20-7-3-4-8-20)28-19-13-14-29(17-19)21-9-5-6-10-22(21)30-2/h5-6,9-12,15,19-20H,3-4,7-8,13-14,16-17H2,1-2H3,(H2,25,27,28). The Morgan fingerprint density at radius 1 is 1.16 bits per heavy atom. The number of aliphatic imine (C=N–C) groups is 1. The van der Waals surface area contributed by atoms with E-state index in [1.165, 1.54) is 12.8 Å². The van der Waals surface area contributed by atoms with E-state index in [2.05, 4.69) is 43.7 Å². The van der Waals surface area contributed by atoms with Crippen molar-refractivity contribution < 1.29 is 9.47 Å². The fraction of sp³-hybridized carbons (Fsp3) is 0.500. The predicted octanol–water partition coefficient (Wildman–Crippen LogP) is 3.36. The second-order valence-electron chi connectivity index (χ2n) is 8.20. The molecule has 1 aromatic carbocycles. The van der Waals surface area contributed by atoms with E-state index in [1.807, 2.05) is 24.4 Å². The molecule has 0 bridgehead atoms. The number of para-hydroxylation sites is 2. The number of pyridine rings is 1. The second-order valence-corrected chi connectivity index (χ2v) is 8.20. The molecule has 1 saturated carbocycles. The van der Waals surface area contributed by atoms with Crippen LogP contribution in [-0.4, -0.2) is 50.3 Å². The molecule has 1 atom stereocenters. The summed E-state index contributed by atoms with van der Waals surface area (Å²) in [6.07, 6.45) is 8.07. The van der Waals surface area contributed by atoms with Gasteiger partial charge in [0.15, 0.2) is 5.96 Å². The summed E-state index contributed by atoms with van der Waals surface area (Å²) in [5, 5.41) is 6.94. The fourth-order valence-corrected chi connectivity index (χ4v) is 4.32. The Labute approximate surface area is 184 Å². The van der Waals surface area contributed by atoms with Crippen molar-refractivity contribution in [2.45, 2.75) is 50.8 Å². The maximum atomic E-state index is 5.95. The van der Waals surface area contributed by atoms with Crippen molar-refractivity contribution in [1.82, 2.24) is 15.6 Å². The average molecular weight is 424 g/mol. The van der Waals surface area contributed by atoms with E-state index in [0.29, 0.717) is 18.7 Å². The summed E-state index contributed by atoms with van der Waals surface area (Å²) in [5.74, 6) is 2.44. The lowest BCUT2D eigenvalue weighted by Gasteiger charge is -2.22. The van der Waals surface area contributed by atoms with E-state index in [9.17, 15) is 0 Å². The summed E-state index contributed by atoms with van der Waals surface area (Å²) >= 11 is 0. The molecule has 1 saturated heterocycles. The summed E-state index contributed by atoms with van der Waals surface area (Å²) in [4.78, 5) is 11.2. The minimum atomic E-state index is 0.330. The molecule has 31 heavy (non-hydrogen) atoms. The van der Waals surface area contributed by atoms with Crippen LogP contribution >= 0.6 is 0 Å². The number of nitrogens with zero attached hydrogens (tertiary/aromatic N) is 3. The Hall–Kier alpha value is -2.96. The molecule has 7 heteroatoms. The maximum absolute atomic E-state index is 5.95. The number of methoxy groups -OCH3 is 1. The first kappa shape index (κ1) is 21.3. The van der Waals surface area contributed by atoms with Gasteiger partial charge in [-0.2, -0.15) is 0 Å². The van der Waals surface area contributed by atoms with Crippen LogP contribution in [0.1, 0.15) is 37.7 Å². The van der Waals surface area contributed by atoms with Gasteiger partial charge < -0.3 is 25.0 Å². The van der Waals surface area contributed by atoms with Crippen molar-refractivity contribution in [2.75, 3.05) is 32.1 Å². The summed E-state index contributed by atoms with van der Waals surface area (Å²) in [6, 6.07) is 12.5. The number of nitrogens with one attached hydrogen (secondary N) is 2. The Morgan fingerprint density at radius 2 is 2.00 bits per heavy atom. The van der Waals surface area contributed by atoms with Crippen molar-refractivity contribution in [2.24, 2.45) is 4.99 Å². The zero-order valence-electron chi connectivity index (χ0n) is 18.5. The molecule has 2 fully saturated rings. The molecule has 166 valence electrons. The number of hydrogen-bond acceptors (Lipinski definition) is 5. The van der Waals surface area contributed by atoms with Gasteiger partial charge >= 0.3 is 0 Å². The van der Waals surface area contributed by atoms with E-state index in [-0.39, 0.29) is 0 Å². The van der Waals surface area contributed by atoms with Gasteiger partial charge in [0.2, 0.25) is 5.88 Å². The summed E-state index contributed by atoms with van der Waals surface area (Å²) in [6.45, 7) is 2.57. The molecule has 1 aliphatic carbocycles. The van der Waals surface area contributed by atoms with Crippen LogP contribution in [0.4, 0.5) is 5.69 Å². The Bertz CT molecular complexity index is 865. The predicted molar refractivity (Wildman–Crippen MR) is 124 cm³/mol. The monoisotopic (exact) mass is 423 g/mol. The Morgan fingerprint density at radius 3 is 2.74 bits per heavy atom. The third kappa shape index (κ3) is 5.60. The second kappa shape index (κ2) is 10.4. The molecule has 0 amide bonds. The van der Waals surface area contributed by atoms with Crippen LogP contribution in [0.3, 0.4) is 0 Å². The largest absolute Gasteiger partial charge is 0.495 e. The molecular weight excluding hydrogens is 390 g/mol. The van der Waals surface area contributed by atoms with Crippen LogP contribution in [0.2, 0.25) is 0 Å². The van der Waals surface area contributed by atoms with Crippen LogP contribution in [0, 0.1) is 0 Å². The first-order valence-corrected chi connectivity index (χ1v) is 11.2. The smallest absolute Gasteiger partial charge is 0.213 e. The molecule has 2 aromatic rings. The highest BCUT2D eigenvalue weighted by Gasteiger charge is 2.25. The molecule has 0 radical (unpaired) electrons. The van der Waals surface area contributed by atoms with Gasteiger partial charge in [-0.1, -0.05) is 18.2 Å². The number of anilines is 1. The van der Waals surface area contributed by atoms with Gasteiger partial charge in [0, 0.05) is 45.0 Å². The van der Waals surface area contributed by atoms with E-state index < -0.39 is 0 Å². The third-order valence-corrected chi connectivity index (χ3v) is 6.03. The molecule has 2 aliphatic rings. The van der Waals surface area contributed by atoms with Crippen molar-refractivity contribution in [3.05, 3.63) is 48.2 Å². The van der Waals surface area contributed by atoms with Gasteiger partial charge in [-0.15, -0.1) is 0 Å². The van der Waals surface area contributed by atoms with Crippen LogP contribution in [0.5, 0.6) is 11.6 Å². The van der Waals surface area contributed by atoms with Crippen LogP contribution in [0.25, 0.3) is 0 Å². The average Bonchev–Trinajstić information content (AvgIpc) is 3.50. The van der Waals surface area contributed by atoms with Crippen molar-refractivity contribution in [3.8, 4) is 11.6 Å². The minimum absolute atomic E-state index is 0.330. The van der Waals surface area contributed by atoms with Gasteiger partial charge in [-0.05, 0) is 49.8 Å². The summed E-state index contributed by atoms with van der Waals surface area (Å²) in [5.41, 5.74) is 2.24. The SMILES string of the molecule is CN=C(NCc1ccc(OC2CCCC2)nc1)NC1CCN(c2ccccc2OC)C1. The number of rotatable bonds is 7. The first-order valence-electron chi connectivity index (χ1n) is 11.2. The van der Waals surface area contributed by atoms with Gasteiger partial charge in [0.25, 0.3) is 0 Å². The quantitative estimate of drug-likeness (QED) is 0.526. The molecular formula is C24H33N5O2. The molecule has 0 spiro atoms. The summed E-state index contributed by atoms with van der Waals surface area (Å²) in [7, 11) is 3.53. The topological polar surface area (TPSA) is 71.0 Å². The molecule has 4 rings (SSSR count). The molecule has 1 aliphatic heterocycles. The molecule has 2 N–H and O–H groups in total. The first-order chi connectivity index (χ1) is 15.2. The van der Waals surface area contributed by atoms with Gasteiger partial charge in [-0.25, -0.2) is 4.98 Å². The third-order valence-electron chi connectivity index (χ3n) is 6.03. The van der Waals surface area contributed by atoms with Gasteiger partial charge in [0.1, 0.15) is 11.9 Å². The Balaban J connectivity index is 1.25. The van der Waals surface area contributed by atoms with E-state index >= 15 is 0 Å². The van der Waals surface area contributed by atoms with Crippen LogP contribution < -0.4 is 25.0 Å². The van der Waals surface area contributed by atoms with Crippen LogP contribution in [0.15, 0.2) is 47.6 Å². The number of aromatic nitrogens is 1. The number of benzene rings is 1. The number of hydrogen-bond donors (Lipinski definition) is 2. The van der Waals surface area contributed by atoms with Crippen molar-refractivity contribution in [3.63, 3.8) is 0 Å². The van der Waals surface area contributed by atoms with Crippen LogP contribution in [-0.2, 0) is 6.54 Å². The number of guanidine groups is 1. The van der Waals surface area contributed by atoms with E-state index in [1.54, 1.807) is 14.2 Å². The zero-order chi connectivity index (χ0) is 21.5. The lowest BCUT2D eigenvalue weighted by atomic mass is 10.2. The Kier molecular flexibility index (Phi) is 7.12. The molecule has 2 heterocycles. The highest BCUT2D eigenvalue weighted by atomic mass is 16.5. The highest BCUT2D eigenvalue weighted by Crippen LogP contribution is 2.30. The molecule has 1 unspecified atom stereocenters. The zero-order valence-corrected chi connectivity index (χ0v) is 18.5. The molecule has 7 nitrogen and oxygen atoms in total. The lowest BCUT2D eigenvalue weighted by Crippen LogP contribution is -2.44. The van der Waals surface area contributed by atoms with Crippen molar-refractivity contribution >= 4 is 11.6 Å². The lowest BCUT2D eigenvalue weighted by molar-refractivity contribution is 0.201. The van der Waals surface area contributed by atoms with E-state index in [4.69, 9.17) is 9.47 Å².